The molecule has 1 atom stereocenters. The number of hydrogen-bond acceptors (Lipinski definition) is 4. The SMILES string of the molecule is C=CCCC(C1Oc2ccccc2O1)S(=O)(=O)Cl. The monoisotopic (exact) mass is 288 g/mol. The van der Waals surface area contributed by atoms with Crippen LogP contribution in [0.5, 0.6) is 11.5 Å². The number of allylic oxidation sites excluding steroid dienone is 1. The minimum atomic E-state index is -3.76. The molecule has 0 spiro atoms. The molecule has 2 rings (SSSR count). The van der Waals surface area contributed by atoms with Crippen molar-refractivity contribution < 1.29 is 17.9 Å². The van der Waals surface area contributed by atoms with E-state index in [1.54, 1.807) is 30.3 Å². The van der Waals surface area contributed by atoms with Crippen molar-refractivity contribution in [2.45, 2.75) is 24.4 Å². The third kappa shape index (κ3) is 2.79. The number of fused-ring (bicyclic) bond motifs is 1. The molecule has 1 aromatic rings. The maximum absolute atomic E-state index is 11.5. The highest BCUT2D eigenvalue weighted by molar-refractivity contribution is 8.14. The number of para-hydroxylation sites is 2. The minimum absolute atomic E-state index is 0.313. The number of benzene rings is 1. The zero-order valence-electron chi connectivity index (χ0n) is 9.58. The fourth-order valence-corrected chi connectivity index (χ4v) is 3.08. The van der Waals surface area contributed by atoms with Crippen molar-refractivity contribution >= 4 is 19.7 Å². The molecule has 1 aliphatic rings. The Morgan fingerprint density at radius 2 is 1.89 bits per heavy atom. The van der Waals surface area contributed by atoms with Crippen LogP contribution in [0.25, 0.3) is 0 Å². The summed E-state index contributed by atoms with van der Waals surface area (Å²) in [4.78, 5) is 0. The van der Waals surface area contributed by atoms with E-state index in [9.17, 15) is 8.42 Å². The van der Waals surface area contributed by atoms with Gasteiger partial charge in [-0.05, 0) is 25.0 Å². The summed E-state index contributed by atoms with van der Waals surface area (Å²) < 4.78 is 34.0. The van der Waals surface area contributed by atoms with Crippen LogP contribution < -0.4 is 9.47 Å². The Bertz CT molecular complexity index is 516. The van der Waals surface area contributed by atoms with Crippen LogP contribution in [0, 0.1) is 0 Å². The van der Waals surface area contributed by atoms with E-state index in [1.807, 2.05) is 0 Å². The predicted octanol–water partition coefficient (Wildman–Crippen LogP) is 2.69. The van der Waals surface area contributed by atoms with Crippen molar-refractivity contribution in [3.8, 4) is 11.5 Å². The molecule has 0 bridgehead atoms. The number of halogens is 1. The van der Waals surface area contributed by atoms with Gasteiger partial charge in [0.1, 0.15) is 5.25 Å². The third-order valence-electron chi connectivity index (χ3n) is 2.66. The molecule has 6 heteroatoms. The molecule has 1 unspecified atom stereocenters. The van der Waals surface area contributed by atoms with Gasteiger partial charge in [-0.1, -0.05) is 18.2 Å². The lowest BCUT2D eigenvalue weighted by molar-refractivity contribution is 0.0441. The molecular weight excluding hydrogens is 276 g/mol. The summed E-state index contributed by atoms with van der Waals surface area (Å²) in [6.45, 7) is 3.56. The van der Waals surface area contributed by atoms with Crippen LogP contribution in [0.15, 0.2) is 36.9 Å². The van der Waals surface area contributed by atoms with Gasteiger partial charge >= 0.3 is 0 Å². The summed E-state index contributed by atoms with van der Waals surface area (Å²) in [5.74, 6) is 1.07. The van der Waals surface area contributed by atoms with Crippen molar-refractivity contribution in [3.63, 3.8) is 0 Å². The molecule has 98 valence electrons. The van der Waals surface area contributed by atoms with Crippen LogP contribution in [0.3, 0.4) is 0 Å². The smallest absolute Gasteiger partial charge is 0.259 e. The lowest BCUT2D eigenvalue weighted by Crippen LogP contribution is -2.37. The van der Waals surface area contributed by atoms with Crippen LogP contribution in [-0.2, 0) is 9.05 Å². The van der Waals surface area contributed by atoms with E-state index < -0.39 is 20.6 Å². The first kappa shape index (κ1) is 13.2. The lowest BCUT2D eigenvalue weighted by Gasteiger charge is -2.18. The van der Waals surface area contributed by atoms with E-state index in [1.165, 1.54) is 0 Å². The Morgan fingerprint density at radius 3 is 2.33 bits per heavy atom. The van der Waals surface area contributed by atoms with Crippen LogP contribution in [0.2, 0.25) is 0 Å². The minimum Gasteiger partial charge on any atom is -0.450 e. The fraction of sp³-hybridized carbons (Fsp3) is 0.333. The zero-order chi connectivity index (χ0) is 13.2. The first-order valence-electron chi connectivity index (χ1n) is 5.49. The van der Waals surface area contributed by atoms with Crippen LogP contribution >= 0.6 is 10.7 Å². The van der Waals surface area contributed by atoms with Crippen LogP contribution in [0.4, 0.5) is 0 Å². The van der Waals surface area contributed by atoms with Gasteiger partial charge in [0.2, 0.25) is 9.05 Å². The lowest BCUT2D eigenvalue weighted by atomic mass is 10.2. The molecule has 0 fully saturated rings. The summed E-state index contributed by atoms with van der Waals surface area (Å²) in [7, 11) is 1.67. The highest BCUT2D eigenvalue weighted by Crippen LogP contribution is 2.37. The number of hydrogen-bond donors (Lipinski definition) is 0. The molecular formula is C12H13ClO4S. The molecule has 1 heterocycles. The predicted molar refractivity (Wildman–Crippen MR) is 69.5 cm³/mol. The van der Waals surface area contributed by atoms with Gasteiger partial charge in [0, 0.05) is 10.7 Å². The Morgan fingerprint density at radius 1 is 1.33 bits per heavy atom. The Balaban J connectivity index is 2.18. The fourth-order valence-electron chi connectivity index (χ4n) is 1.76. The van der Waals surface area contributed by atoms with Gasteiger partial charge in [-0.3, -0.25) is 0 Å². The van der Waals surface area contributed by atoms with Crippen molar-refractivity contribution in [1.29, 1.82) is 0 Å². The van der Waals surface area contributed by atoms with Gasteiger partial charge in [-0.25, -0.2) is 8.42 Å². The summed E-state index contributed by atoms with van der Waals surface area (Å²) in [6, 6.07) is 7.03. The second-order valence-corrected chi connectivity index (χ2v) is 6.78. The Kier molecular flexibility index (Phi) is 3.82. The molecule has 0 amide bonds. The summed E-state index contributed by atoms with van der Waals surface area (Å²) >= 11 is 0. The molecule has 0 N–H and O–H groups in total. The van der Waals surface area contributed by atoms with Gasteiger partial charge in [-0.2, -0.15) is 0 Å². The standard InChI is InChI=1S/C12H13ClO4S/c1-2-3-8-11(18(13,14)15)12-16-9-6-4-5-7-10(9)17-12/h2,4-7,11-12H,1,3,8H2. The van der Waals surface area contributed by atoms with Gasteiger partial charge in [0.25, 0.3) is 6.29 Å². The molecule has 0 radical (unpaired) electrons. The van der Waals surface area contributed by atoms with E-state index in [4.69, 9.17) is 20.2 Å². The largest absolute Gasteiger partial charge is 0.450 e. The van der Waals surface area contributed by atoms with Crippen LogP contribution in [0.1, 0.15) is 12.8 Å². The Hall–Kier alpha value is -1.20. The molecule has 1 aromatic carbocycles. The first-order chi connectivity index (χ1) is 8.52. The average molecular weight is 289 g/mol. The van der Waals surface area contributed by atoms with Crippen molar-refractivity contribution in [2.24, 2.45) is 0 Å². The number of rotatable bonds is 5. The molecule has 0 saturated carbocycles. The summed E-state index contributed by atoms with van der Waals surface area (Å²) in [6.07, 6.45) is 1.58. The van der Waals surface area contributed by atoms with Crippen LogP contribution in [-0.4, -0.2) is 20.0 Å². The summed E-state index contributed by atoms with van der Waals surface area (Å²) in [5.41, 5.74) is 0. The maximum Gasteiger partial charge on any atom is 0.259 e. The van der Waals surface area contributed by atoms with Crippen molar-refractivity contribution in [1.82, 2.24) is 0 Å². The average Bonchev–Trinajstić information content (AvgIpc) is 2.70. The molecule has 0 saturated heterocycles. The maximum atomic E-state index is 11.5. The third-order valence-corrected chi connectivity index (χ3v) is 4.52. The highest BCUT2D eigenvalue weighted by atomic mass is 35.7. The van der Waals surface area contributed by atoms with E-state index >= 15 is 0 Å². The van der Waals surface area contributed by atoms with E-state index in [0.717, 1.165) is 0 Å². The van der Waals surface area contributed by atoms with Gasteiger partial charge in [0.05, 0.1) is 0 Å². The second-order valence-electron chi connectivity index (χ2n) is 3.93. The van der Waals surface area contributed by atoms with Crippen molar-refractivity contribution in [3.05, 3.63) is 36.9 Å². The zero-order valence-corrected chi connectivity index (χ0v) is 11.2. The topological polar surface area (TPSA) is 52.6 Å². The highest BCUT2D eigenvalue weighted by Gasteiger charge is 2.39. The van der Waals surface area contributed by atoms with E-state index in [-0.39, 0.29) is 0 Å². The van der Waals surface area contributed by atoms with Gasteiger partial charge in [-0.15, -0.1) is 6.58 Å². The van der Waals surface area contributed by atoms with Crippen molar-refractivity contribution in [2.75, 3.05) is 0 Å². The van der Waals surface area contributed by atoms with E-state index in [2.05, 4.69) is 6.58 Å². The number of ether oxygens (including phenoxy) is 2. The van der Waals surface area contributed by atoms with Gasteiger partial charge in [0.15, 0.2) is 11.5 Å². The molecule has 4 nitrogen and oxygen atoms in total. The molecule has 1 aliphatic heterocycles. The quantitative estimate of drug-likeness (QED) is 0.617. The Labute approximate surface area is 111 Å². The molecule has 18 heavy (non-hydrogen) atoms. The second kappa shape index (κ2) is 5.20. The van der Waals surface area contributed by atoms with Gasteiger partial charge < -0.3 is 9.47 Å². The molecule has 0 aliphatic carbocycles. The first-order valence-corrected chi connectivity index (χ1v) is 7.86. The molecule has 0 aromatic heterocycles. The van der Waals surface area contributed by atoms with E-state index in [0.29, 0.717) is 24.3 Å². The summed E-state index contributed by atoms with van der Waals surface area (Å²) in [5, 5.41) is -0.912. The normalized spacial score (nSPS) is 16.5.